The van der Waals surface area contributed by atoms with Gasteiger partial charge in [-0.3, -0.25) is 9.10 Å². The molecule has 2 aliphatic heterocycles. The molecule has 1 N–H and O–H groups in total. The van der Waals surface area contributed by atoms with E-state index in [1.54, 1.807) is 18.2 Å². The lowest BCUT2D eigenvalue weighted by Gasteiger charge is -2.32. The quantitative estimate of drug-likeness (QED) is 0.833. The average Bonchev–Trinajstić information content (AvgIpc) is 3.13. The van der Waals surface area contributed by atoms with Crippen LogP contribution in [0.15, 0.2) is 42.5 Å². The lowest BCUT2D eigenvalue weighted by Crippen LogP contribution is -2.32. The van der Waals surface area contributed by atoms with E-state index in [9.17, 15) is 13.2 Å². The molecule has 0 bridgehead atoms. The van der Waals surface area contributed by atoms with Gasteiger partial charge in [0.25, 0.3) is 5.91 Å². The maximum absolute atomic E-state index is 12.7. The third-order valence-electron chi connectivity index (χ3n) is 5.87. The minimum Gasteiger partial charge on any atom is -0.372 e. The molecule has 0 unspecified atom stereocenters. The molecule has 2 aromatic carbocycles. The van der Waals surface area contributed by atoms with Gasteiger partial charge < -0.3 is 10.2 Å². The van der Waals surface area contributed by atoms with Crippen molar-refractivity contribution in [2.45, 2.75) is 26.2 Å². The van der Waals surface area contributed by atoms with Gasteiger partial charge in [0, 0.05) is 36.6 Å². The van der Waals surface area contributed by atoms with Crippen LogP contribution < -0.4 is 14.5 Å². The number of amides is 1. The van der Waals surface area contributed by atoms with E-state index >= 15 is 0 Å². The molecule has 0 radical (unpaired) electrons. The van der Waals surface area contributed by atoms with Crippen molar-refractivity contribution in [1.29, 1.82) is 0 Å². The molecule has 154 valence electrons. The highest BCUT2D eigenvalue weighted by atomic mass is 32.2. The van der Waals surface area contributed by atoms with E-state index in [1.165, 1.54) is 29.1 Å². The molecule has 2 heterocycles. The van der Waals surface area contributed by atoms with E-state index in [4.69, 9.17) is 0 Å². The number of benzene rings is 2. The Labute approximate surface area is 172 Å². The van der Waals surface area contributed by atoms with Crippen molar-refractivity contribution in [2.24, 2.45) is 5.92 Å². The van der Waals surface area contributed by atoms with Crippen molar-refractivity contribution < 1.29 is 13.2 Å². The summed E-state index contributed by atoms with van der Waals surface area (Å²) in [6, 6.07) is 13.2. The van der Waals surface area contributed by atoms with Crippen LogP contribution in [-0.2, 0) is 16.4 Å². The lowest BCUT2D eigenvalue weighted by molar-refractivity contribution is 0.102. The highest BCUT2D eigenvalue weighted by Crippen LogP contribution is 2.31. The molecule has 0 aliphatic carbocycles. The van der Waals surface area contributed by atoms with Crippen molar-refractivity contribution in [1.82, 2.24) is 0 Å². The number of piperidine rings is 1. The molecule has 4 rings (SSSR count). The van der Waals surface area contributed by atoms with Crippen molar-refractivity contribution in [3.63, 3.8) is 0 Å². The minimum absolute atomic E-state index is 0.190. The number of hydrogen-bond donors (Lipinski definition) is 1. The van der Waals surface area contributed by atoms with Gasteiger partial charge in [-0.1, -0.05) is 6.92 Å². The minimum atomic E-state index is -3.29. The van der Waals surface area contributed by atoms with Gasteiger partial charge in [-0.15, -0.1) is 0 Å². The molecule has 2 aliphatic rings. The van der Waals surface area contributed by atoms with Crippen LogP contribution in [0.5, 0.6) is 0 Å². The van der Waals surface area contributed by atoms with Gasteiger partial charge in [-0.2, -0.15) is 0 Å². The second-order valence-corrected chi connectivity index (χ2v) is 10.0. The van der Waals surface area contributed by atoms with Crippen molar-refractivity contribution in [2.75, 3.05) is 40.4 Å². The maximum Gasteiger partial charge on any atom is 0.255 e. The monoisotopic (exact) mass is 413 g/mol. The van der Waals surface area contributed by atoms with Crippen LogP contribution in [0.1, 0.15) is 35.7 Å². The fourth-order valence-corrected chi connectivity index (χ4v) is 5.04. The second kappa shape index (κ2) is 7.71. The predicted molar refractivity (Wildman–Crippen MR) is 117 cm³/mol. The highest BCUT2D eigenvalue weighted by Gasteiger charge is 2.26. The number of anilines is 3. The van der Waals surface area contributed by atoms with E-state index < -0.39 is 10.0 Å². The maximum atomic E-state index is 12.7. The van der Waals surface area contributed by atoms with Gasteiger partial charge in [0.15, 0.2) is 0 Å². The standard InChI is InChI=1S/C22H27N3O3S/c1-16-9-12-24(13-10-16)20-6-4-19(5-7-20)23-22(26)18-3-8-21-17(15-18)11-14-25(21)29(2,27)28/h3-8,15-16H,9-14H2,1-2H3,(H,23,26). The lowest BCUT2D eigenvalue weighted by atomic mass is 9.99. The summed E-state index contributed by atoms with van der Waals surface area (Å²) in [5.74, 6) is 0.604. The molecular weight excluding hydrogens is 386 g/mol. The molecule has 1 saturated heterocycles. The first kappa shape index (κ1) is 19.8. The summed E-state index contributed by atoms with van der Waals surface area (Å²) in [5.41, 5.74) is 4.03. The first-order chi connectivity index (χ1) is 13.8. The molecule has 1 fully saturated rings. The molecule has 0 spiro atoms. The number of carbonyl (C=O) groups excluding carboxylic acids is 1. The summed E-state index contributed by atoms with van der Waals surface area (Å²) < 4.78 is 25.1. The fraction of sp³-hybridized carbons (Fsp3) is 0.409. The van der Waals surface area contributed by atoms with E-state index in [-0.39, 0.29) is 5.91 Å². The largest absolute Gasteiger partial charge is 0.372 e. The van der Waals surface area contributed by atoms with E-state index in [0.717, 1.165) is 30.3 Å². The van der Waals surface area contributed by atoms with Gasteiger partial charge in [-0.05, 0) is 73.2 Å². The van der Waals surface area contributed by atoms with Crippen LogP contribution in [0.25, 0.3) is 0 Å². The summed E-state index contributed by atoms with van der Waals surface area (Å²) >= 11 is 0. The number of fused-ring (bicyclic) bond motifs is 1. The SMILES string of the molecule is CC1CCN(c2ccc(NC(=O)c3ccc4c(c3)CCN4S(C)(=O)=O)cc2)CC1. The number of rotatable bonds is 4. The van der Waals surface area contributed by atoms with Crippen LogP contribution in [0, 0.1) is 5.92 Å². The second-order valence-electron chi connectivity index (χ2n) is 8.10. The Bertz CT molecular complexity index is 1010. The molecular formula is C22H27N3O3S. The Kier molecular flexibility index (Phi) is 5.25. The first-order valence-corrected chi connectivity index (χ1v) is 11.9. The molecule has 6 nitrogen and oxygen atoms in total. The molecule has 1 amide bonds. The van der Waals surface area contributed by atoms with Crippen LogP contribution in [0.3, 0.4) is 0 Å². The summed E-state index contributed by atoms with van der Waals surface area (Å²) in [7, 11) is -3.29. The van der Waals surface area contributed by atoms with Gasteiger partial charge >= 0.3 is 0 Å². The normalized spacial score (nSPS) is 17.3. The Morgan fingerprint density at radius 1 is 1.03 bits per heavy atom. The Balaban J connectivity index is 1.43. The van der Waals surface area contributed by atoms with Crippen LogP contribution in [0.4, 0.5) is 17.1 Å². The smallest absolute Gasteiger partial charge is 0.255 e. The third-order valence-corrected chi connectivity index (χ3v) is 7.05. The van der Waals surface area contributed by atoms with Crippen molar-refractivity contribution in [3.8, 4) is 0 Å². The molecule has 0 saturated carbocycles. The van der Waals surface area contributed by atoms with E-state index in [0.29, 0.717) is 24.2 Å². The van der Waals surface area contributed by atoms with Crippen molar-refractivity contribution >= 4 is 33.0 Å². The van der Waals surface area contributed by atoms with Crippen LogP contribution >= 0.6 is 0 Å². The van der Waals surface area contributed by atoms with Crippen LogP contribution in [0.2, 0.25) is 0 Å². The summed E-state index contributed by atoms with van der Waals surface area (Å²) in [4.78, 5) is 15.1. The molecule has 0 aromatic heterocycles. The predicted octanol–water partition coefficient (Wildman–Crippen LogP) is 3.50. The zero-order chi connectivity index (χ0) is 20.6. The number of nitrogens with one attached hydrogen (secondary N) is 1. The zero-order valence-electron chi connectivity index (χ0n) is 16.9. The Morgan fingerprint density at radius 3 is 2.38 bits per heavy atom. The zero-order valence-corrected chi connectivity index (χ0v) is 17.7. The van der Waals surface area contributed by atoms with Gasteiger partial charge in [0.05, 0.1) is 11.9 Å². The average molecular weight is 414 g/mol. The summed E-state index contributed by atoms with van der Waals surface area (Å²) in [6.07, 6.45) is 4.25. The molecule has 0 atom stereocenters. The van der Waals surface area contributed by atoms with E-state index in [2.05, 4.69) is 29.3 Å². The third kappa shape index (κ3) is 4.24. The number of nitrogens with zero attached hydrogens (tertiary/aromatic N) is 2. The first-order valence-electron chi connectivity index (χ1n) is 10.1. The number of hydrogen-bond acceptors (Lipinski definition) is 4. The topological polar surface area (TPSA) is 69.7 Å². The summed E-state index contributed by atoms with van der Waals surface area (Å²) in [6.45, 7) is 4.88. The molecule has 2 aromatic rings. The van der Waals surface area contributed by atoms with Gasteiger partial charge in [0.1, 0.15) is 0 Å². The van der Waals surface area contributed by atoms with Crippen LogP contribution in [-0.4, -0.2) is 40.2 Å². The van der Waals surface area contributed by atoms with Crippen molar-refractivity contribution in [3.05, 3.63) is 53.6 Å². The molecule has 7 heteroatoms. The number of carbonyl (C=O) groups is 1. The number of sulfonamides is 1. The van der Waals surface area contributed by atoms with Gasteiger partial charge in [-0.25, -0.2) is 8.42 Å². The summed E-state index contributed by atoms with van der Waals surface area (Å²) in [5, 5.41) is 2.94. The van der Waals surface area contributed by atoms with Gasteiger partial charge in [0.2, 0.25) is 10.0 Å². The Morgan fingerprint density at radius 2 is 1.72 bits per heavy atom. The Hall–Kier alpha value is -2.54. The fourth-order valence-electron chi connectivity index (χ4n) is 4.08. The van der Waals surface area contributed by atoms with E-state index in [1.807, 2.05) is 12.1 Å². The molecule has 29 heavy (non-hydrogen) atoms. The highest BCUT2D eigenvalue weighted by molar-refractivity contribution is 7.92.